The van der Waals surface area contributed by atoms with Crippen LogP contribution in [0.4, 0.5) is 0 Å². The van der Waals surface area contributed by atoms with Crippen LogP contribution in [0.3, 0.4) is 0 Å². The molecule has 1 fully saturated rings. The zero-order valence-electron chi connectivity index (χ0n) is 9.27. The van der Waals surface area contributed by atoms with Crippen molar-refractivity contribution in [3.63, 3.8) is 0 Å². The first-order valence-electron chi connectivity index (χ1n) is 5.33. The van der Waals surface area contributed by atoms with Crippen LogP contribution in [0.2, 0.25) is 0 Å². The molecule has 0 aliphatic carbocycles. The summed E-state index contributed by atoms with van der Waals surface area (Å²) in [4.78, 5) is 10.8. The predicted molar refractivity (Wildman–Crippen MR) is 55.2 cm³/mol. The van der Waals surface area contributed by atoms with Crippen molar-refractivity contribution in [3.8, 4) is 0 Å². The van der Waals surface area contributed by atoms with Gasteiger partial charge in [-0.25, -0.2) is 0 Å². The lowest BCUT2D eigenvalue weighted by atomic mass is 10.1. The molecule has 4 nitrogen and oxygen atoms in total. The van der Waals surface area contributed by atoms with Crippen LogP contribution in [-0.4, -0.2) is 32.1 Å². The summed E-state index contributed by atoms with van der Waals surface area (Å²) in [6.07, 6.45) is 3.93. The second-order valence-electron chi connectivity index (χ2n) is 3.31. The second-order valence-corrected chi connectivity index (χ2v) is 3.31. The average molecular weight is 214 g/mol. The summed E-state index contributed by atoms with van der Waals surface area (Å²) >= 11 is 0. The molecular formula is C11H18O4. The van der Waals surface area contributed by atoms with E-state index in [-0.39, 0.29) is 18.2 Å². The molecule has 0 aromatic rings. The average Bonchev–Trinajstić information content (AvgIpc) is 2.61. The minimum Gasteiger partial charge on any atom is -0.465 e. The van der Waals surface area contributed by atoms with Crippen LogP contribution in [0, 0.1) is 5.92 Å². The molecule has 1 saturated heterocycles. The van der Waals surface area contributed by atoms with Gasteiger partial charge in [0, 0.05) is 19.1 Å². The Bertz CT molecular complexity index is 219. The Morgan fingerprint density at radius 1 is 1.47 bits per heavy atom. The van der Waals surface area contributed by atoms with Gasteiger partial charge >= 0.3 is 5.97 Å². The highest BCUT2D eigenvalue weighted by molar-refractivity contribution is 5.71. The lowest BCUT2D eigenvalue weighted by Crippen LogP contribution is -2.14. The molecule has 0 unspecified atom stereocenters. The lowest BCUT2D eigenvalue weighted by molar-refractivity contribution is -0.137. The number of carbonyl (C=O) groups is 1. The molecule has 0 spiro atoms. The van der Waals surface area contributed by atoms with Gasteiger partial charge in [-0.05, 0) is 19.9 Å². The third-order valence-electron chi connectivity index (χ3n) is 2.09. The van der Waals surface area contributed by atoms with E-state index < -0.39 is 0 Å². The summed E-state index contributed by atoms with van der Waals surface area (Å²) in [6, 6.07) is 0. The molecule has 0 N–H and O–H groups in total. The fourth-order valence-electron chi connectivity index (χ4n) is 1.39. The first kappa shape index (κ1) is 12.2. The molecule has 0 bridgehead atoms. The Morgan fingerprint density at radius 2 is 2.13 bits per heavy atom. The van der Waals surface area contributed by atoms with Crippen molar-refractivity contribution in [2.75, 3.05) is 19.8 Å². The monoisotopic (exact) mass is 214 g/mol. The number of hydrogen-bond acceptors (Lipinski definition) is 4. The molecular weight excluding hydrogens is 196 g/mol. The highest BCUT2D eigenvalue weighted by atomic mass is 16.7. The second kappa shape index (κ2) is 6.58. The molecule has 1 aliphatic heterocycles. The van der Waals surface area contributed by atoms with Crippen LogP contribution in [0.25, 0.3) is 0 Å². The minimum atomic E-state index is -0.310. The molecule has 1 atom stereocenters. The van der Waals surface area contributed by atoms with Crippen LogP contribution in [0.1, 0.15) is 20.3 Å². The summed E-state index contributed by atoms with van der Waals surface area (Å²) in [6.45, 7) is 5.52. The number of carbonyl (C=O) groups excluding carboxylic acids is 1. The Kier molecular flexibility index (Phi) is 5.36. The van der Waals surface area contributed by atoms with Gasteiger partial charge in [0.15, 0.2) is 6.29 Å². The summed E-state index contributed by atoms with van der Waals surface area (Å²) in [7, 11) is 0. The Labute approximate surface area is 90.2 Å². The van der Waals surface area contributed by atoms with Gasteiger partial charge in [0.05, 0.1) is 13.0 Å². The number of esters is 1. The van der Waals surface area contributed by atoms with Gasteiger partial charge in [-0.2, -0.15) is 0 Å². The molecule has 0 aromatic heterocycles. The topological polar surface area (TPSA) is 44.8 Å². The molecule has 0 radical (unpaired) electrons. The molecule has 4 heteroatoms. The van der Waals surface area contributed by atoms with E-state index in [0.717, 1.165) is 0 Å². The molecule has 15 heavy (non-hydrogen) atoms. The van der Waals surface area contributed by atoms with Crippen LogP contribution >= 0.6 is 0 Å². The van der Waals surface area contributed by atoms with Gasteiger partial charge in [-0.15, -0.1) is 0 Å². The smallest absolute Gasteiger partial charge is 0.306 e. The Morgan fingerprint density at radius 3 is 2.60 bits per heavy atom. The third-order valence-corrected chi connectivity index (χ3v) is 2.09. The standard InChI is InChI=1S/C11H18O4/c1-3-13-11(14-4-2)6-5-9-7-10(12)15-8-9/h5-6,9,11H,3-4,7-8H2,1-2H3/b6-5+/t9-/m0/s1. The van der Waals surface area contributed by atoms with Gasteiger partial charge in [0.25, 0.3) is 0 Å². The first-order valence-corrected chi connectivity index (χ1v) is 5.33. The van der Waals surface area contributed by atoms with Crippen molar-refractivity contribution in [3.05, 3.63) is 12.2 Å². The van der Waals surface area contributed by atoms with Gasteiger partial charge in [-0.3, -0.25) is 4.79 Å². The van der Waals surface area contributed by atoms with E-state index >= 15 is 0 Å². The predicted octanol–water partition coefficient (Wildman–Crippen LogP) is 1.50. The molecule has 86 valence electrons. The zero-order valence-corrected chi connectivity index (χ0v) is 9.27. The van der Waals surface area contributed by atoms with Crippen LogP contribution in [-0.2, 0) is 19.0 Å². The number of cyclic esters (lactones) is 1. The molecule has 1 rings (SSSR count). The van der Waals surface area contributed by atoms with E-state index in [1.807, 2.05) is 26.0 Å². The normalized spacial score (nSPS) is 21.5. The fraction of sp³-hybridized carbons (Fsp3) is 0.727. The van der Waals surface area contributed by atoms with E-state index in [1.54, 1.807) is 0 Å². The van der Waals surface area contributed by atoms with Gasteiger partial charge in [-0.1, -0.05) is 6.08 Å². The number of rotatable bonds is 6. The van der Waals surface area contributed by atoms with E-state index in [1.165, 1.54) is 0 Å². The molecule has 0 saturated carbocycles. The minimum absolute atomic E-state index is 0.131. The van der Waals surface area contributed by atoms with Gasteiger partial charge in [0.1, 0.15) is 0 Å². The van der Waals surface area contributed by atoms with Crippen molar-refractivity contribution in [2.45, 2.75) is 26.6 Å². The highest BCUT2D eigenvalue weighted by Gasteiger charge is 2.21. The maximum Gasteiger partial charge on any atom is 0.306 e. The maximum absolute atomic E-state index is 10.8. The van der Waals surface area contributed by atoms with Crippen LogP contribution in [0.5, 0.6) is 0 Å². The Balaban J connectivity index is 2.35. The van der Waals surface area contributed by atoms with Crippen molar-refractivity contribution < 1.29 is 19.0 Å². The summed E-state index contributed by atoms with van der Waals surface area (Å²) in [5, 5.41) is 0. The highest BCUT2D eigenvalue weighted by Crippen LogP contribution is 2.15. The SMILES string of the molecule is CCOC(/C=C/[C@@H]1COC(=O)C1)OCC. The van der Waals surface area contributed by atoms with Crippen molar-refractivity contribution in [2.24, 2.45) is 5.92 Å². The van der Waals surface area contributed by atoms with E-state index in [2.05, 4.69) is 0 Å². The number of hydrogen-bond donors (Lipinski definition) is 0. The first-order chi connectivity index (χ1) is 7.26. The molecule has 1 aliphatic rings. The molecule has 0 aromatic carbocycles. The van der Waals surface area contributed by atoms with Crippen LogP contribution < -0.4 is 0 Å². The van der Waals surface area contributed by atoms with Gasteiger partial charge < -0.3 is 14.2 Å². The Hall–Kier alpha value is -0.870. The fourth-order valence-corrected chi connectivity index (χ4v) is 1.39. The van der Waals surface area contributed by atoms with Crippen molar-refractivity contribution >= 4 is 5.97 Å². The van der Waals surface area contributed by atoms with Crippen molar-refractivity contribution in [1.29, 1.82) is 0 Å². The van der Waals surface area contributed by atoms with Crippen molar-refractivity contribution in [1.82, 2.24) is 0 Å². The lowest BCUT2D eigenvalue weighted by Gasteiger charge is -2.12. The van der Waals surface area contributed by atoms with Gasteiger partial charge in [0.2, 0.25) is 0 Å². The van der Waals surface area contributed by atoms with E-state index in [9.17, 15) is 4.79 Å². The molecule has 0 amide bonds. The molecule has 1 heterocycles. The number of ether oxygens (including phenoxy) is 3. The van der Waals surface area contributed by atoms with Crippen LogP contribution in [0.15, 0.2) is 12.2 Å². The summed E-state index contributed by atoms with van der Waals surface area (Å²) in [5.41, 5.74) is 0. The summed E-state index contributed by atoms with van der Waals surface area (Å²) < 4.78 is 15.5. The largest absolute Gasteiger partial charge is 0.465 e. The summed E-state index contributed by atoms with van der Waals surface area (Å²) in [5.74, 6) is 0.0370. The zero-order chi connectivity index (χ0) is 11.1. The maximum atomic E-state index is 10.8. The van der Waals surface area contributed by atoms with E-state index in [4.69, 9.17) is 14.2 Å². The third kappa shape index (κ3) is 4.44. The van der Waals surface area contributed by atoms with E-state index in [0.29, 0.717) is 26.2 Å². The quantitative estimate of drug-likeness (QED) is 0.382.